The summed E-state index contributed by atoms with van der Waals surface area (Å²) in [5.74, 6) is 5.82. The van der Waals surface area contributed by atoms with Crippen LogP contribution in [-0.4, -0.2) is 113 Å². The van der Waals surface area contributed by atoms with Crippen LogP contribution < -0.4 is 31.5 Å². The number of pyridine rings is 1. The van der Waals surface area contributed by atoms with E-state index in [1.54, 1.807) is 34.5 Å². The van der Waals surface area contributed by atoms with Crippen molar-refractivity contribution in [1.82, 2.24) is 34.6 Å². The highest BCUT2D eigenvalue weighted by Gasteiger charge is 2.45. The number of fused-ring (bicyclic) bond motifs is 2. The first-order valence-corrected chi connectivity index (χ1v) is 23.2. The van der Waals surface area contributed by atoms with Gasteiger partial charge in [-0.2, -0.15) is 0 Å². The van der Waals surface area contributed by atoms with Crippen molar-refractivity contribution in [2.75, 3.05) is 53.0 Å². The molecule has 2 aromatic heterocycles. The Labute approximate surface area is 377 Å². The van der Waals surface area contributed by atoms with Gasteiger partial charge >= 0.3 is 5.69 Å². The third kappa shape index (κ3) is 8.72. The number of nitrogens with two attached hydrogens (primary N) is 1. The molecule has 0 radical (unpaired) electrons. The molecule has 4 aromatic rings. The number of carbonyl (C=O) groups is 4. The fourth-order valence-electron chi connectivity index (χ4n) is 11.3. The number of methoxy groups -OCH3 is 1. The number of likely N-dealkylation sites (tertiary alicyclic amines) is 2. The number of halogens is 1. The average molecular weight is 891 g/mol. The standard InChI is InChI=1S/C49H59FN8O7/c1-4-33-37(53-46(62)42(33)50)26-65-47-35-23-40(64-3)36(44(51)60)22-34(35)32(24-52-47)13-12-29-8-10-30(11-9-29)25-56-20-17-49(18-21-56)27-57(28-49)19-16-31-6-5-7-38-43(31)55(2)48(63)58(38)39-14-15-41(59)54-45(39)61/h5-7,22-24,29-30,33,37,39,42H,4,8-11,14-21,25-28H2,1-3H3,(H2,51,60)(H,53,62)(H,54,59,61)/t29-,30-,33-,37+,39?,42-/m0/s1. The number of piperidine rings is 2. The number of aromatic nitrogens is 3. The summed E-state index contributed by atoms with van der Waals surface area (Å²) in [4.78, 5) is 72.1. The molecule has 4 aliphatic heterocycles. The van der Waals surface area contributed by atoms with Gasteiger partial charge in [-0.15, -0.1) is 0 Å². The summed E-state index contributed by atoms with van der Waals surface area (Å²) in [5, 5.41) is 6.32. The number of nitrogens with one attached hydrogen (secondary N) is 2. The number of primary amides is 1. The summed E-state index contributed by atoms with van der Waals surface area (Å²) in [6.07, 6.45) is 8.57. The number of hydrogen-bond acceptors (Lipinski definition) is 10. The summed E-state index contributed by atoms with van der Waals surface area (Å²) in [6.45, 7) is 8.33. The molecule has 2 aromatic carbocycles. The van der Waals surface area contributed by atoms with Gasteiger partial charge in [-0.1, -0.05) is 30.9 Å². The molecular weight excluding hydrogens is 832 g/mol. The van der Waals surface area contributed by atoms with E-state index in [0.29, 0.717) is 40.5 Å². The molecule has 5 aliphatic rings. The molecule has 344 valence electrons. The van der Waals surface area contributed by atoms with E-state index in [2.05, 4.69) is 43.3 Å². The summed E-state index contributed by atoms with van der Waals surface area (Å²) in [6, 6.07) is 8.08. The lowest BCUT2D eigenvalue weighted by Gasteiger charge is -2.54. The van der Waals surface area contributed by atoms with E-state index in [-0.39, 0.29) is 47.7 Å². The summed E-state index contributed by atoms with van der Waals surface area (Å²) in [5.41, 5.74) is 9.42. The molecule has 6 heterocycles. The number of benzene rings is 2. The van der Waals surface area contributed by atoms with Crippen LogP contribution >= 0.6 is 0 Å². The summed E-state index contributed by atoms with van der Waals surface area (Å²) < 4.78 is 29.3. The number of para-hydroxylation sites is 1. The van der Waals surface area contributed by atoms with Crippen LogP contribution in [0.15, 0.2) is 41.3 Å². The maximum absolute atomic E-state index is 14.5. The van der Waals surface area contributed by atoms with Gasteiger partial charge in [0.15, 0.2) is 6.17 Å². The lowest BCUT2D eigenvalue weighted by atomic mass is 9.71. The number of nitrogens with zero attached hydrogens (tertiary/aromatic N) is 5. The molecule has 4 amide bonds. The van der Waals surface area contributed by atoms with Gasteiger partial charge in [-0.3, -0.25) is 33.6 Å². The van der Waals surface area contributed by atoms with Gasteiger partial charge in [0.1, 0.15) is 18.4 Å². The second kappa shape index (κ2) is 18.2. The molecule has 0 bridgehead atoms. The smallest absolute Gasteiger partial charge is 0.329 e. The van der Waals surface area contributed by atoms with Crippen LogP contribution in [0.3, 0.4) is 0 Å². The minimum Gasteiger partial charge on any atom is -0.496 e. The second-order valence-corrected chi connectivity index (χ2v) is 19.1. The van der Waals surface area contributed by atoms with Gasteiger partial charge in [0.25, 0.3) is 11.8 Å². The summed E-state index contributed by atoms with van der Waals surface area (Å²) in [7, 11) is 3.22. The first-order valence-electron chi connectivity index (χ1n) is 23.2. The first-order chi connectivity index (χ1) is 31.3. The van der Waals surface area contributed by atoms with Crippen molar-refractivity contribution < 1.29 is 33.0 Å². The van der Waals surface area contributed by atoms with Crippen molar-refractivity contribution in [3.8, 4) is 23.5 Å². The van der Waals surface area contributed by atoms with Gasteiger partial charge in [0, 0.05) is 68.5 Å². The first kappa shape index (κ1) is 44.4. The number of amides is 4. The zero-order chi connectivity index (χ0) is 45.6. The molecule has 1 saturated carbocycles. The minimum atomic E-state index is -1.58. The normalized spacial score (nSPS) is 25.8. The average Bonchev–Trinajstić information content (AvgIpc) is 3.72. The largest absolute Gasteiger partial charge is 0.496 e. The SMILES string of the molecule is CC[C@@H]1[C@H](F)C(=O)N[C@@H]1COc1ncc(C#C[C@H]2CC[C@H](CN3CCC4(CC3)CN(CCc3cccc5c3n(C)c(=O)n5C3CCC(=O)NC3=O)C4)CC2)c2cc(C(N)=O)c(OC)cc12. The van der Waals surface area contributed by atoms with Crippen LogP contribution in [-0.2, 0) is 27.9 Å². The second-order valence-electron chi connectivity index (χ2n) is 19.1. The van der Waals surface area contributed by atoms with Crippen molar-refractivity contribution >= 4 is 45.4 Å². The molecule has 9 rings (SSSR count). The molecule has 4 saturated heterocycles. The predicted octanol–water partition coefficient (Wildman–Crippen LogP) is 4.01. The number of rotatable bonds is 12. The Balaban J connectivity index is 0.763. The van der Waals surface area contributed by atoms with E-state index < -0.39 is 41.9 Å². The number of imidazole rings is 1. The van der Waals surface area contributed by atoms with Crippen LogP contribution in [0.2, 0.25) is 0 Å². The van der Waals surface area contributed by atoms with Crippen molar-refractivity contribution in [1.29, 1.82) is 0 Å². The fraction of sp³-hybridized carbons (Fsp3) is 0.551. The zero-order valence-electron chi connectivity index (χ0n) is 37.5. The van der Waals surface area contributed by atoms with Crippen molar-refractivity contribution in [3.05, 3.63) is 63.7 Å². The highest BCUT2D eigenvalue weighted by Crippen LogP contribution is 2.42. The highest BCUT2D eigenvalue weighted by atomic mass is 19.1. The molecule has 1 unspecified atom stereocenters. The van der Waals surface area contributed by atoms with E-state index in [9.17, 15) is 28.4 Å². The van der Waals surface area contributed by atoms with Gasteiger partial charge in [0.05, 0.1) is 35.3 Å². The summed E-state index contributed by atoms with van der Waals surface area (Å²) >= 11 is 0. The Hall–Kier alpha value is -5.79. The third-order valence-electron chi connectivity index (χ3n) is 15.0. The van der Waals surface area contributed by atoms with Crippen LogP contribution in [0.4, 0.5) is 4.39 Å². The van der Waals surface area contributed by atoms with Crippen LogP contribution in [0.1, 0.15) is 92.2 Å². The lowest BCUT2D eigenvalue weighted by Crippen LogP contribution is -2.60. The monoisotopic (exact) mass is 890 g/mol. The molecular formula is C49H59FN8O7. The molecule has 1 aliphatic carbocycles. The fourth-order valence-corrected chi connectivity index (χ4v) is 11.3. The number of ether oxygens (including phenoxy) is 2. The number of aryl methyl sites for hydroxylation is 1. The lowest BCUT2D eigenvalue weighted by molar-refractivity contribution is -0.135. The maximum Gasteiger partial charge on any atom is 0.329 e. The molecule has 5 fully saturated rings. The number of carbonyl (C=O) groups excluding carboxylic acids is 4. The van der Waals surface area contributed by atoms with Gasteiger partial charge in [-0.05, 0) is 106 Å². The van der Waals surface area contributed by atoms with Crippen molar-refractivity contribution in [2.45, 2.75) is 89.4 Å². The van der Waals surface area contributed by atoms with Gasteiger partial charge in [-0.25, -0.2) is 14.2 Å². The van der Waals surface area contributed by atoms with E-state index in [1.165, 1.54) is 20.0 Å². The predicted molar refractivity (Wildman–Crippen MR) is 242 cm³/mol. The Morgan fingerprint density at radius 1 is 1.02 bits per heavy atom. The Morgan fingerprint density at radius 2 is 1.78 bits per heavy atom. The number of alkyl halides is 1. The van der Waals surface area contributed by atoms with Crippen LogP contribution in [0.25, 0.3) is 21.8 Å². The topological polar surface area (TPSA) is 183 Å². The molecule has 15 nitrogen and oxygen atoms in total. The molecule has 1 spiro atoms. The van der Waals surface area contributed by atoms with E-state index >= 15 is 0 Å². The van der Waals surface area contributed by atoms with Gasteiger partial charge in [0.2, 0.25) is 17.7 Å². The van der Waals surface area contributed by atoms with Crippen LogP contribution in [0, 0.1) is 35.0 Å². The molecule has 16 heteroatoms. The highest BCUT2D eigenvalue weighted by molar-refractivity contribution is 6.03. The zero-order valence-corrected chi connectivity index (χ0v) is 37.5. The Morgan fingerprint density at radius 3 is 2.49 bits per heavy atom. The Kier molecular flexibility index (Phi) is 12.5. The van der Waals surface area contributed by atoms with Crippen LogP contribution in [0.5, 0.6) is 11.6 Å². The van der Waals surface area contributed by atoms with E-state index in [1.807, 2.05) is 19.1 Å². The third-order valence-corrected chi connectivity index (χ3v) is 15.0. The number of hydrogen-bond donors (Lipinski definition) is 3. The maximum atomic E-state index is 14.5. The van der Waals surface area contributed by atoms with Crippen molar-refractivity contribution in [3.63, 3.8) is 0 Å². The van der Waals surface area contributed by atoms with Gasteiger partial charge < -0.3 is 30.3 Å². The van der Waals surface area contributed by atoms with Crippen molar-refractivity contribution in [2.24, 2.45) is 36.0 Å². The quantitative estimate of drug-likeness (QED) is 0.139. The van der Waals surface area contributed by atoms with E-state index in [4.69, 9.17) is 15.2 Å². The molecule has 65 heavy (non-hydrogen) atoms. The molecule has 4 atom stereocenters. The number of imide groups is 1. The molecule has 4 N–H and O–H groups in total. The van der Waals surface area contributed by atoms with E-state index in [0.717, 1.165) is 88.0 Å². The minimum absolute atomic E-state index is 0.0383. The Bertz CT molecular complexity index is 2640.